The van der Waals surface area contributed by atoms with Crippen LogP contribution in [0.2, 0.25) is 0 Å². The molecule has 0 aliphatic rings. The van der Waals surface area contributed by atoms with Gasteiger partial charge in [0.2, 0.25) is 0 Å². The van der Waals surface area contributed by atoms with Crippen molar-refractivity contribution in [1.29, 1.82) is 0 Å². The standard InChI is InChI=1S/C37H38N2O6S/c1-27(2)38(26-28-12-11-14-32(24-28)45-23-10-4-7-18-36(40)41)37(42)30-21-19-29(20-22-30)35-25-31-13-8-9-17-34(31)39(35)46(43,44)33-15-5-3-6-16-33/h3,5-6,8-9,11-17,19-22,24-25,27H,4,7,10,18,23,26H2,1-2H3,(H,40,41). The number of unbranched alkanes of at least 4 members (excludes halogenated alkanes) is 2. The summed E-state index contributed by atoms with van der Waals surface area (Å²) in [7, 11) is -3.89. The smallest absolute Gasteiger partial charge is 0.303 e. The van der Waals surface area contributed by atoms with Crippen LogP contribution in [-0.2, 0) is 21.4 Å². The van der Waals surface area contributed by atoms with Crippen LogP contribution in [0, 0.1) is 0 Å². The Morgan fingerprint density at radius 3 is 2.26 bits per heavy atom. The van der Waals surface area contributed by atoms with E-state index in [0.29, 0.717) is 47.7 Å². The summed E-state index contributed by atoms with van der Waals surface area (Å²) in [5.74, 6) is -0.215. The number of hydrogen-bond donors (Lipinski definition) is 1. The third kappa shape index (κ3) is 7.49. The summed E-state index contributed by atoms with van der Waals surface area (Å²) in [6, 6.07) is 32.2. The van der Waals surface area contributed by atoms with Gasteiger partial charge in [-0.25, -0.2) is 12.4 Å². The molecule has 1 amide bonds. The largest absolute Gasteiger partial charge is 0.494 e. The minimum atomic E-state index is -3.89. The van der Waals surface area contributed by atoms with Gasteiger partial charge in [0.05, 0.1) is 22.7 Å². The van der Waals surface area contributed by atoms with E-state index in [1.54, 1.807) is 65.6 Å². The molecule has 1 N–H and O–H groups in total. The Bertz CT molecular complexity index is 1910. The zero-order valence-corrected chi connectivity index (χ0v) is 26.8. The Balaban J connectivity index is 1.34. The van der Waals surface area contributed by atoms with Gasteiger partial charge in [-0.2, -0.15) is 0 Å². The van der Waals surface area contributed by atoms with E-state index in [2.05, 4.69) is 0 Å². The lowest BCUT2D eigenvalue weighted by Gasteiger charge is -2.27. The van der Waals surface area contributed by atoms with Gasteiger partial charge in [-0.15, -0.1) is 0 Å². The topological polar surface area (TPSA) is 106 Å². The molecule has 238 valence electrons. The molecule has 5 aromatic rings. The van der Waals surface area contributed by atoms with Crippen LogP contribution in [0.15, 0.2) is 114 Å². The van der Waals surface area contributed by atoms with Crippen LogP contribution in [0.25, 0.3) is 22.2 Å². The summed E-state index contributed by atoms with van der Waals surface area (Å²) in [4.78, 5) is 26.4. The highest BCUT2D eigenvalue weighted by molar-refractivity contribution is 7.90. The molecule has 0 saturated heterocycles. The number of carboxylic acids is 1. The molecule has 8 nitrogen and oxygen atoms in total. The molecule has 4 aromatic carbocycles. The first-order valence-electron chi connectivity index (χ1n) is 15.4. The van der Waals surface area contributed by atoms with Crippen molar-refractivity contribution >= 4 is 32.8 Å². The van der Waals surface area contributed by atoms with Crippen LogP contribution in [0.5, 0.6) is 5.75 Å². The lowest BCUT2D eigenvalue weighted by molar-refractivity contribution is -0.137. The van der Waals surface area contributed by atoms with Gasteiger partial charge in [0, 0.05) is 30.0 Å². The second-order valence-electron chi connectivity index (χ2n) is 11.5. The number of rotatable bonds is 14. The first-order valence-corrected chi connectivity index (χ1v) is 16.8. The van der Waals surface area contributed by atoms with Crippen molar-refractivity contribution in [1.82, 2.24) is 8.87 Å². The number of carbonyl (C=O) groups excluding carboxylic acids is 1. The van der Waals surface area contributed by atoms with Gasteiger partial charge in [0.25, 0.3) is 15.9 Å². The number of amides is 1. The third-order valence-electron chi connectivity index (χ3n) is 7.81. The molecule has 0 unspecified atom stereocenters. The Labute approximate surface area is 269 Å². The fourth-order valence-corrected chi connectivity index (χ4v) is 6.96. The molecule has 0 bridgehead atoms. The van der Waals surface area contributed by atoms with Crippen LogP contribution in [0.1, 0.15) is 55.5 Å². The average molecular weight is 639 g/mol. The molecule has 1 heterocycles. The van der Waals surface area contributed by atoms with Gasteiger partial charge in [0.1, 0.15) is 5.75 Å². The van der Waals surface area contributed by atoms with Crippen molar-refractivity contribution in [3.05, 3.63) is 120 Å². The van der Waals surface area contributed by atoms with Gasteiger partial charge in [-0.05, 0) is 92.8 Å². The number of hydrogen-bond acceptors (Lipinski definition) is 5. The fraction of sp³-hybridized carbons (Fsp3) is 0.243. The minimum Gasteiger partial charge on any atom is -0.494 e. The highest BCUT2D eigenvalue weighted by Crippen LogP contribution is 2.32. The van der Waals surface area contributed by atoms with Crippen LogP contribution in [0.3, 0.4) is 0 Å². The summed E-state index contributed by atoms with van der Waals surface area (Å²) >= 11 is 0. The van der Waals surface area contributed by atoms with Gasteiger partial charge < -0.3 is 14.7 Å². The number of fused-ring (bicyclic) bond motifs is 1. The van der Waals surface area contributed by atoms with Crippen LogP contribution >= 0.6 is 0 Å². The molecule has 0 saturated carbocycles. The van der Waals surface area contributed by atoms with E-state index in [0.717, 1.165) is 23.8 Å². The molecule has 5 rings (SSSR count). The minimum absolute atomic E-state index is 0.0791. The average Bonchev–Trinajstić information content (AvgIpc) is 3.46. The number of nitrogens with zero attached hydrogens (tertiary/aromatic N) is 2. The van der Waals surface area contributed by atoms with Gasteiger partial charge in [0.15, 0.2) is 0 Å². The third-order valence-corrected chi connectivity index (χ3v) is 9.56. The molecule has 0 radical (unpaired) electrons. The van der Waals surface area contributed by atoms with Gasteiger partial charge >= 0.3 is 5.97 Å². The molecule has 1 aromatic heterocycles. The number of aromatic nitrogens is 1. The van der Waals surface area contributed by atoms with Crippen molar-refractivity contribution in [3.8, 4) is 17.0 Å². The highest BCUT2D eigenvalue weighted by Gasteiger charge is 2.24. The number of carbonyl (C=O) groups is 2. The summed E-state index contributed by atoms with van der Waals surface area (Å²) in [6.45, 7) is 4.82. The first kappa shape index (κ1) is 32.5. The van der Waals surface area contributed by atoms with E-state index >= 15 is 0 Å². The number of benzene rings is 4. The molecule has 46 heavy (non-hydrogen) atoms. The van der Waals surface area contributed by atoms with Crippen molar-refractivity contribution in [2.45, 2.75) is 57.0 Å². The lowest BCUT2D eigenvalue weighted by Crippen LogP contribution is -2.36. The van der Waals surface area contributed by atoms with Crippen molar-refractivity contribution < 1.29 is 27.9 Å². The molecule has 0 aliphatic carbocycles. The van der Waals surface area contributed by atoms with Crippen molar-refractivity contribution in [2.24, 2.45) is 0 Å². The molecule has 0 atom stereocenters. The van der Waals surface area contributed by atoms with E-state index in [-0.39, 0.29) is 23.3 Å². The normalized spacial score (nSPS) is 11.5. The number of aliphatic carboxylic acids is 1. The highest BCUT2D eigenvalue weighted by atomic mass is 32.2. The molecule has 0 fully saturated rings. The summed E-state index contributed by atoms with van der Waals surface area (Å²) < 4.78 is 34.9. The first-order chi connectivity index (χ1) is 22.1. The Kier molecular flexibility index (Phi) is 10.2. The molecule has 9 heteroatoms. The molecule has 0 spiro atoms. The van der Waals surface area contributed by atoms with Crippen LogP contribution in [-0.4, -0.2) is 46.9 Å². The van der Waals surface area contributed by atoms with E-state index in [4.69, 9.17) is 9.84 Å². The number of ether oxygens (including phenoxy) is 1. The summed E-state index contributed by atoms with van der Waals surface area (Å²) in [6.07, 6.45) is 2.34. The van der Waals surface area contributed by atoms with Crippen LogP contribution < -0.4 is 4.74 Å². The zero-order chi connectivity index (χ0) is 32.7. The van der Waals surface area contributed by atoms with E-state index in [1.807, 2.05) is 62.4 Å². The quantitative estimate of drug-likeness (QED) is 0.126. The van der Waals surface area contributed by atoms with E-state index in [9.17, 15) is 18.0 Å². The van der Waals surface area contributed by atoms with Gasteiger partial charge in [-0.3, -0.25) is 9.59 Å². The molecular weight excluding hydrogens is 600 g/mol. The monoisotopic (exact) mass is 638 g/mol. The van der Waals surface area contributed by atoms with Crippen molar-refractivity contribution in [3.63, 3.8) is 0 Å². The maximum absolute atomic E-state index is 13.8. The predicted octanol–water partition coefficient (Wildman–Crippen LogP) is 7.62. The second kappa shape index (κ2) is 14.5. The number of carboxylic acid groups (broad SMARTS) is 1. The van der Waals surface area contributed by atoms with E-state index < -0.39 is 16.0 Å². The fourth-order valence-electron chi connectivity index (χ4n) is 5.40. The summed E-state index contributed by atoms with van der Waals surface area (Å²) in [5.41, 5.74) is 3.20. The number of para-hydroxylation sites is 1. The Morgan fingerprint density at radius 2 is 1.54 bits per heavy atom. The Morgan fingerprint density at radius 1 is 0.826 bits per heavy atom. The maximum atomic E-state index is 13.8. The second-order valence-corrected chi connectivity index (χ2v) is 13.3. The van der Waals surface area contributed by atoms with Crippen molar-refractivity contribution in [2.75, 3.05) is 6.61 Å². The van der Waals surface area contributed by atoms with Crippen LogP contribution in [0.4, 0.5) is 0 Å². The lowest BCUT2D eigenvalue weighted by atomic mass is 10.1. The predicted molar refractivity (Wildman–Crippen MR) is 179 cm³/mol. The SMILES string of the molecule is CC(C)N(Cc1cccc(OCCCCCC(=O)O)c1)C(=O)c1ccc(-c2cc3ccccc3n2S(=O)(=O)c2ccccc2)cc1. The molecular formula is C37H38N2O6S. The van der Waals surface area contributed by atoms with E-state index in [1.165, 1.54) is 3.97 Å². The van der Waals surface area contributed by atoms with Gasteiger partial charge in [-0.1, -0.05) is 60.7 Å². The zero-order valence-electron chi connectivity index (χ0n) is 26.0. The maximum Gasteiger partial charge on any atom is 0.303 e. The molecule has 0 aliphatic heterocycles. The summed E-state index contributed by atoms with van der Waals surface area (Å²) in [5, 5.41) is 9.58. The Hall–Kier alpha value is -4.89.